The summed E-state index contributed by atoms with van der Waals surface area (Å²) >= 11 is 6.43. The van der Waals surface area contributed by atoms with Gasteiger partial charge in [0.1, 0.15) is 0 Å². The Labute approximate surface area is 267 Å². The molecule has 1 aromatic heterocycles. The lowest BCUT2D eigenvalue weighted by Crippen LogP contribution is -2.52. The Balaban J connectivity index is 0.00000154. The van der Waals surface area contributed by atoms with Gasteiger partial charge in [-0.25, -0.2) is 9.37 Å². The number of rotatable bonds is 7. The molecule has 16 heteroatoms. The molecule has 2 aromatic carbocycles. The number of nitrogens with zero attached hydrogens (tertiary/aromatic N) is 5. The number of aliphatic hydroxyl groups excluding tert-OH is 1. The lowest BCUT2D eigenvalue weighted by molar-refractivity contribution is -0.133. The molecule has 0 radical (unpaired) electrons. The number of halogens is 3. The predicted octanol–water partition coefficient (Wildman–Crippen LogP) is 2.33. The summed E-state index contributed by atoms with van der Waals surface area (Å²) in [5.41, 5.74) is 0.650. The summed E-state index contributed by atoms with van der Waals surface area (Å²) in [7, 11) is 2.73. The number of methoxy groups -OCH3 is 1. The van der Waals surface area contributed by atoms with Crippen molar-refractivity contribution in [3.8, 4) is 17.0 Å². The molecular weight excluding hydrogens is 630 g/mol. The van der Waals surface area contributed by atoms with Gasteiger partial charge in [0.05, 0.1) is 42.2 Å². The average molecular weight is 663 g/mol. The third-order valence-electron chi connectivity index (χ3n) is 7.72. The van der Waals surface area contributed by atoms with Crippen molar-refractivity contribution in [2.75, 3.05) is 58.2 Å². The van der Waals surface area contributed by atoms with Crippen molar-refractivity contribution in [2.24, 2.45) is 7.05 Å². The van der Waals surface area contributed by atoms with Crippen molar-refractivity contribution in [3.63, 3.8) is 0 Å². The Hall–Kier alpha value is -4.60. The van der Waals surface area contributed by atoms with E-state index in [-0.39, 0.29) is 58.2 Å². The van der Waals surface area contributed by atoms with Crippen molar-refractivity contribution >= 4 is 41.5 Å². The van der Waals surface area contributed by atoms with Crippen LogP contribution in [-0.2, 0) is 16.6 Å². The van der Waals surface area contributed by atoms with Crippen LogP contribution in [0.15, 0.2) is 36.5 Å². The van der Waals surface area contributed by atoms with Gasteiger partial charge in [-0.05, 0) is 36.8 Å². The molecule has 246 valence electrons. The van der Waals surface area contributed by atoms with Crippen molar-refractivity contribution in [1.82, 2.24) is 24.3 Å². The van der Waals surface area contributed by atoms with Gasteiger partial charge in [-0.3, -0.25) is 24.1 Å². The number of ether oxygens (including phenoxy) is 1. The van der Waals surface area contributed by atoms with E-state index in [0.29, 0.717) is 51.4 Å². The smallest absolute Gasteiger partial charge is 0.291 e. The molecule has 1 atom stereocenters. The lowest BCUT2D eigenvalue weighted by atomic mass is 10.1. The zero-order valence-electron chi connectivity index (χ0n) is 25.1. The van der Waals surface area contributed by atoms with E-state index in [9.17, 15) is 28.3 Å². The van der Waals surface area contributed by atoms with E-state index in [0.717, 1.165) is 0 Å². The topological polar surface area (TPSA) is 158 Å². The fourth-order valence-corrected chi connectivity index (χ4v) is 5.55. The lowest BCUT2D eigenvalue weighted by Gasteiger charge is -2.35. The number of aromatic nitrogens is 2. The van der Waals surface area contributed by atoms with Crippen molar-refractivity contribution < 1.29 is 42.9 Å². The summed E-state index contributed by atoms with van der Waals surface area (Å²) in [6, 6.07) is 7.11. The molecule has 46 heavy (non-hydrogen) atoms. The maximum Gasteiger partial charge on any atom is 0.291 e. The van der Waals surface area contributed by atoms with E-state index in [1.54, 1.807) is 9.80 Å². The minimum atomic E-state index is -1.15. The number of amides is 3. The van der Waals surface area contributed by atoms with Crippen LogP contribution in [0.25, 0.3) is 11.3 Å². The Morgan fingerprint density at radius 1 is 1.09 bits per heavy atom. The van der Waals surface area contributed by atoms with Gasteiger partial charge >= 0.3 is 0 Å². The SMILES string of the molecule is COc1ccc(-c2cnc(C(=O)Nc3ccc(C(=O)N4CCN(C(=O)CN5CCC(O)C5)CC4)c(Cl)c3)n2C)c(F)c1F.O=CO. The molecule has 2 aliphatic rings. The van der Waals surface area contributed by atoms with Gasteiger partial charge in [0.15, 0.2) is 17.4 Å². The minimum Gasteiger partial charge on any atom is -0.494 e. The number of carbonyl (C=O) groups excluding carboxylic acids is 3. The highest BCUT2D eigenvalue weighted by molar-refractivity contribution is 6.34. The number of piperazine rings is 1. The molecule has 0 spiro atoms. The largest absolute Gasteiger partial charge is 0.494 e. The fraction of sp³-hybridized carbons (Fsp3) is 0.367. The third kappa shape index (κ3) is 7.61. The van der Waals surface area contributed by atoms with E-state index in [4.69, 9.17) is 26.2 Å². The molecule has 3 amide bonds. The van der Waals surface area contributed by atoms with Crippen LogP contribution >= 0.6 is 11.6 Å². The van der Waals surface area contributed by atoms with Crippen LogP contribution in [0.4, 0.5) is 14.5 Å². The molecule has 2 aliphatic heterocycles. The monoisotopic (exact) mass is 662 g/mol. The molecule has 3 N–H and O–H groups in total. The molecule has 2 fully saturated rings. The summed E-state index contributed by atoms with van der Waals surface area (Å²) in [6.45, 7) is 2.67. The van der Waals surface area contributed by atoms with Gasteiger partial charge in [-0.15, -0.1) is 0 Å². The summed E-state index contributed by atoms with van der Waals surface area (Å²) in [6.07, 6.45) is 1.53. The van der Waals surface area contributed by atoms with Gasteiger partial charge in [0.25, 0.3) is 18.3 Å². The van der Waals surface area contributed by atoms with Crippen molar-refractivity contribution in [3.05, 3.63) is 64.6 Å². The maximum atomic E-state index is 14.6. The molecular formula is C30H33ClF2N6O7. The van der Waals surface area contributed by atoms with Crippen LogP contribution in [0.3, 0.4) is 0 Å². The third-order valence-corrected chi connectivity index (χ3v) is 8.03. The Bertz CT molecular complexity index is 1610. The standard InChI is InChI=1S/C29H31ClF2N6O5.CH2O2/c1-35-22(20-5-6-23(43-2)26(32)25(20)31)14-33-27(35)28(41)34-17-3-4-19(21(30)13-17)29(42)38-11-9-37(10-12-38)24(40)16-36-8-7-18(39)15-36;2-1-3/h3-6,13-14,18,39H,7-12,15-16H2,1-2H3,(H,34,41);1H,(H,2,3). The highest BCUT2D eigenvalue weighted by atomic mass is 35.5. The first-order chi connectivity index (χ1) is 22.0. The summed E-state index contributed by atoms with van der Waals surface area (Å²) in [4.78, 5) is 56.5. The number of carbonyl (C=O) groups is 4. The van der Waals surface area contributed by atoms with Gasteiger partial charge < -0.3 is 34.6 Å². The van der Waals surface area contributed by atoms with E-state index in [1.807, 2.05) is 4.90 Å². The molecule has 3 aromatic rings. The number of benzene rings is 2. The van der Waals surface area contributed by atoms with Gasteiger partial charge in [0.2, 0.25) is 11.7 Å². The first-order valence-electron chi connectivity index (χ1n) is 14.2. The number of aliphatic hydroxyl groups is 1. The van der Waals surface area contributed by atoms with Crippen LogP contribution in [0.2, 0.25) is 5.02 Å². The number of nitrogens with one attached hydrogen (secondary N) is 1. The Morgan fingerprint density at radius 2 is 1.76 bits per heavy atom. The molecule has 5 rings (SSSR count). The Morgan fingerprint density at radius 3 is 2.37 bits per heavy atom. The minimum absolute atomic E-state index is 0.0274. The first kappa shape index (κ1) is 34.3. The van der Waals surface area contributed by atoms with Crippen molar-refractivity contribution in [2.45, 2.75) is 12.5 Å². The number of imidazole rings is 1. The molecule has 1 unspecified atom stereocenters. The van der Waals surface area contributed by atoms with E-state index in [1.165, 1.54) is 55.3 Å². The van der Waals surface area contributed by atoms with Crippen molar-refractivity contribution in [1.29, 1.82) is 0 Å². The number of anilines is 1. The second-order valence-electron chi connectivity index (χ2n) is 10.6. The number of likely N-dealkylation sites (tertiary alicyclic amines) is 1. The molecule has 0 saturated carbocycles. The van der Waals surface area contributed by atoms with E-state index in [2.05, 4.69) is 10.3 Å². The van der Waals surface area contributed by atoms with Gasteiger partial charge in [-0.2, -0.15) is 4.39 Å². The van der Waals surface area contributed by atoms with Gasteiger partial charge in [-0.1, -0.05) is 11.6 Å². The summed E-state index contributed by atoms with van der Waals surface area (Å²) in [5, 5.41) is 19.4. The molecule has 2 saturated heterocycles. The molecule has 0 bridgehead atoms. The molecule has 3 heterocycles. The molecule has 0 aliphatic carbocycles. The normalized spacial score (nSPS) is 16.4. The van der Waals surface area contributed by atoms with Crippen LogP contribution in [-0.4, -0.2) is 118 Å². The second kappa shape index (κ2) is 15.1. The zero-order chi connectivity index (χ0) is 33.5. The summed E-state index contributed by atoms with van der Waals surface area (Å²) < 4.78 is 35.0. The Kier molecular flexibility index (Phi) is 11.3. The quantitative estimate of drug-likeness (QED) is 0.323. The number of hydrogen-bond acceptors (Lipinski definition) is 8. The maximum absolute atomic E-state index is 14.6. The number of hydrogen-bond donors (Lipinski definition) is 3. The van der Waals surface area contributed by atoms with Crippen LogP contribution < -0.4 is 10.1 Å². The number of β-amino-alcohol motifs (C(OH)–C–C–N with tert-alkyl or cyclic N) is 1. The number of carboxylic acid groups (broad SMARTS) is 1. The molecule has 13 nitrogen and oxygen atoms in total. The fourth-order valence-electron chi connectivity index (χ4n) is 5.29. The van der Waals surface area contributed by atoms with Crippen LogP contribution in [0, 0.1) is 11.6 Å². The zero-order valence-corrected chi connectivity index (χ0v) is 25.8. The second-order valence-corrected chi connectivity index (χ2v) is 11.0. The highest BCUT2D eigenvalue weighted by Crippen LogP contribution is 2.30. The van der Waals surface area contributed by atoms with E-state index < -0.39 is 23.6 Å². The van der Waals surface area contributed by atoms with Gasteiger partial charge in [0, 0.05) is 57.6 Å². The summed E-state index contributed by atoms with van der Waals surface area (Å²) in [5.74, 6) is -3.52. The van der Waals surface area contributed by atoms with Crippen LogP contribution in [0.5, 0.6) is 5.75 Å². The van der Waals surface area contributed by atoms with Crippen LogP contribution in [0.1, 0.15) is 27.4 Å². The predicted molar refractivity (Wildman–Crippen MR) is 163 cm³/mol. The average Bonchev–Trinajstić information content (AvgIpc) is 3.63. The highest BCUT2D eigenvalue weighted by Gasteiger charge is 2.29. The van der Waals surface area contributed by atoms with E-state index >= 15 is 0 Å². The first-order valence-corrected chi connectivity index (χ1v) is 14.6.